The van der Waals surface area contributed by atoms with E-state index < -0.39 is 19.0 Å². The van der Waals surface area contributed by atoms with Crippen LogP contribution >= 0.6 is 0 Å². The molecule has 0 aliphatic heterocycles. The smallest absolute Gasteiger partial charge is 0.135 e. The quantitative estimate of drug-likeness (QED) is 0.703. The Hall–Kier alpha value is -0.510. The molecule has 0 aromatic heterocycles. The first-order valence-corrected chi connectivity index (χ1v) is 4.99. The molecule has 1 aliphatic rings. The fourth-order valence-corrected chi connectivity index (χ4v) is 1.95. The molecule has 0 amide bonds. The predicted molar refractivity (Wildman–Crippen MR) is 48.6 cm³/mol. The van der Waals surface area contributed by atoms with Gasteiger partial charge >= 0.3 is 0 Å². The van der Waals surface area contributed by atoms with Crippen molar-refractivity contribution in [3.63, 3.8) is 0 Å². The molecule has 0 spiro atoms. The molecule has 0 bridgehead atoms. The molecule has 1 fully saturated rings. The Bertz CT molecular complexity index is 197. The molecule has 0 N–H and O–H groups in total. The minimum atomic E-state index is -1.12. The number of alkyl halides is 2. The molecule has 0 heterocycles. The summed E-state index contributed by atoms with van der Waals surface area (Å²) in [6, 6.07) is 0. The zero-order chi connectivity index (χ0) is 10.6. The fraction of sp³-hybridized carbons (Fsp3) is 0.900. The van der Waals surface area contributed by atoms with E-state index in [2.05, 4.69) is 0 Å². The Kier molecular flexibility index (Phi) is 4.45. The fourth-order valence-electron chi connectivity index (χ4n) is 1.95. The van der Waals surface area contributed by atoms with Crippen LogP contribution < -0.4 is 0 Å². The van der Waals surface area contributed by atoms with Crippen molar-refractivity contribution < 1.29 is 18.3 Å². The van der Waals surface area contributed by atoms with Gasteiger partial charge in [-0.2, -0.15) is 0 Å². The monoisotopic (exact) mass is 206 g/mol. The normalized spacial score (nSPS) is 32.9. The predicted octanol–water partition coefficient (Wildman–Crippen LogP) is 2.07. The number of hydrogen-bond donors (Lipinski definition) is 0. The first-order chi connectivity index (χ1) is 6.66. The van der Waals surface area contributed by atoms with E-state index in [1.54, 1.807) is 0 Å². The minimum absolute atomic E-state index is 0.0591. The van der Waals surface area contributed by atoms with E-state index in [0.29, 0.717) is 19.3 Å². The van der Waals surface area contributed by atoms with E-state index in [4.69, 9.17) is 4.74 Å². The van der Waals surface area contributed by atoms with Gasteiger partial charge in [0.15, 0.2) is 0 Å². The number of ether oxygens (including phenoxy) is 1. The Balaban J connectivity index is 2.56. The molecule has 14 heavy (non-hydrogen) atoms. The third-order valence-electron chi connectivity index (χ3n) is 2.66. The van der Waals surface area contributed by atoms with Gasteiger partial charge in [0.25, 0.3) is 0 Å². The van der Waals surface area contributed by atoms with Gasteiger partial charge in [-0.25, -0.2) is 8.78 Å². The van der Waals surface area contributed by atoms with Crippen molar-refractivity contribution in [3.05, 3.63) is 0 Å². The molecular weight excluding hydrogens is 190 g/mol. The second-order valence-corrected chi connectivity index (χ2v) is 3.69. The SMILES string of the molecule is CC(=O)[C@@H]1CCCC(F)[C@@H]1OCCF. The molecule has 0 radical (unpaired) electrons. The van der Waals surface area contributed by atoms with Gasteiger partial charge in [0.05, 0.1) is 12.7 Å². The van der Waals surface area contributed by atoms with E-state index in [-0.39, 0.29) is 18.3 Å². The second kappa shape index (κ2) is 5.39. The lowest BCUT2D eigenvalue weighted by Gasteiger charge is -2.32. The van der Waals surface area contributed by atoms with Crippen LogP contribution in [0.5, 0.6) is 0 Å². The van der Waals surface area contributed by atoms with Crippen LogP contribution in [0.15, 0.2) is 0 Å². The first-order valence-electron chi connectivity index (χ1n) is 4.99. The summed E-state index contributed by atoms with van der Waals surface area (Å²) in [5, 5.41) is 0. The van der Waals surface area contributed by atoms with Crippen molar-refractivity contribution in [2.45, 2.75) is 38.5 Å². The van der Waals surface area contributed by atoms with Crippen molar-refractivity contribution in [2.75, 3.05) is 13.3 Å². The Labute approximate surface area is 82.6 Å². The number of halogens is 2. The van der Waals surface area contributed by atoms with Gasteiger partial charge in [-0.15, -0.1) is 0 Å². The van der Waals surface area contributed by atoms with Gasteiger partial charge < -0.3 is 4.74 Å². The zero-order valence-electron chi connectivity index (χ0n) is 8.34. The Morgan fingerprint density at radius 3 is 2.79 bits per heavy atom. The molecular formula is C10H16F2O2. The Morgan fingerprint density at radius 2 is 2.21 bits per heavy atom. The van der Waals surface area contributed by atoms with Crippen molar-refractivity contribution in [3.8, 4) is 0 Å². The molecule has 1 unspecified atom stereocenters. The molecule has 2 nitrogen and oxygen atoms in total. The third kappa shape index (κ3) is 2.74. The van der Waals surface area contributed by atoms with Crippen LogP contribution in [-0.4, -0.2) is 31.3 Å². The lowest BCUT2D eigenvalue weighted by Crippen LogP contribution is -2.41. The number of rotatable bonds is 4. The lowest BCUT2D eigenvalue weighted by atomic mass is 9.83. The van der Waals surface area contributed by atoms with Gasteiger partial charge in [-0.05, 0) is 26.2 Å². The summed E-state index contributed by atoms with van der Waals surface area (Å²) in [5.41, 5.74) is 0. The lowest BCUT2D eigenvalue weighted by molar-refractivity contribution is -0.133. The van der Waals surface area contributed by atoms with Crippen LogP contribution in [0.1, 0.15) is 26.2 Å². The number of ketones is 1. The summed E-state index contributed by atoms with van der Waals surface area (Å²) in [4.78, 5) is 11.2. The molecule has 1 rings (SSSR count). The number of hydrogen-bond acceptors (Lipinski definition) is 2. The number of carbonyl (C=O) groups is 1. The third-order valence-corrected chi connectivity index (χ3v) is 2.66. The summed E-state index contributed by atoms with van der Waals surface area (Å²) in [6.45, 7) is 0.692. The first kappa shape index (κ1) is 11.6. The van der Waals surface area contributed by atoms with Crippen molar-refractivity contribution in [2.24, 2.45) is 5.92 Å². The van der Waals surface area contributed by atoms with Crippen LogP contribution in [0.4, 0.5) is 8.78 Å². The van der Waals surface area contributed by atoms with Crippen LogP contribution in [0, 0.1) is 5.92 Å². The molecule has 1 aliphatic carbocycles. The average molecular weight is 206 g/mol. The average Bonchev–Trinajstić information content (AvgIpc) is 2.15. The van der Waals surface area contributed by atoms with Crippen LogP contribution in [0.2, 0.25) is 0 Å². The number of carbonyl (C=O) groups excluding carboxylic acids is 1. The topological polar surface area (TPSA) is 26.3 Å². The summed E-state index contributed by atoms with van der Waals surface area (Å²) >= 11 is 0. The Morgan fingerprint density at radius 1 is 1.50 bits per heavy atom. The second-order valence-electron chi connectivity index (χ2n) is 3.69. The molecule has 0 aromatic rings. The summed E-state index contributed by atoms with van der Waals surface area (Å²) in [7, 11) is 0. The van der Waals surface area contributed by atoms with E-state index in [1.165, 1.54) is 6.92 Å². The highest BCUT2D eigenvalue weighted by Crippen LogP contribution is 2.29. The van der Waals surface area contributed by atoms with E-state index in [0.717, 1.165) is 0 Å². The molecule has 1 saturated carbocycles. The number of Topliss-reactive ketones (excluding diaryl/α,β-unsaturated/α-hetero) is 1. The van der Waals surface area contributed by atoms with Crippen molar-refractivity contribution in [1.29, 1.82) is 0 Å². The highest BCUT2D eigenvalue weighted by molar-refractivity contribution is 5.79. The standard InChI is InChI=1S/C10H16F2O2/c1-7(13)8-3-2-4-9(12)10(8)14-6-5-11/h8-10H,2-6H2,1H3/t8-,9?,10+/m0/s1. The van der Waals surface area contributed by atoms with Crippen molar-refractivity contribution >= 4 is 5.78 Å². The summed E-state index contributed by atoms with van der Waals surface area (Å²) in [5.74, 6) is -0.443. The molecule has 0 aromatic carbocycles. The van der Waals surface area contributed by atoms with Crippen LogP contribution in [-0.2, 0) is 9.53 Å². The largest absolute Gasteiger partial charge is 0.372 e. The summed E-state index contributed by atoms with van der Waals surface area (Å²) in [6.07, 6.45) is -0.0601. The van der Waals surface area contributed by atoms with E-state index >= 15 is 0 Å². The highest BCUT2D eigenvalue weighted by atomic mass is 19.1. The zero-order valence-corrected chi connectivity index (χ0v) is 8.34. The highest BCUT2D eigenvalue weighted by Gasteiger charge is 2.36. The van der Waals surface area contributed by atoms with Crippen LogP contribution in [0.25, 0.3) is 0 Å². The maximum absolute atomic E-state index is 13.4. The maximum Gasteiger partial charge on any atom is 0.135 e. The molecule has 4 heteroatoms. The van der Waals surface area contributed by atoms with Crippen molar-refractivity contribution in [1.82, 2.24) is 0 Å². The van der Waals surface area contributed by atoms with Gasteiger partial charge in [0.2, 0.25) is 0 Å². The molecule has 0 saturated heterocycles. The van der Waals surface area contributed by atoms with Crippen LogP contribution in [0.3, 0.4) is 0 Å². The van der Waals surface area contributed by atoms with Gasteiger partial charge in [-0.1, -0.05) is 0 Å². The van der Waals surface area contributed by atoms with E-state index in [1.807, 2.05) is 0 Å². The molecule has 3 atom stereocenters. The van der Waals surface area contributed by atoms with Gasteiger partial charge in [0.1, 0.15) is 18.6 Å². The summed E-state index contributed by atoms with van der Waals surface area (Å²) < 4.78 is 30.3. The van der Waals surface area contributed by atoms with E-state index in [9.17, 15) is 13.6 Å². The molecule has 82 valence electrons. The minimum Gasteiger partial charge on any atom is -0.372 e. The maximum atomic E-state index is 13.4. The van der Waals surface area contributed by atoms with Gasteiger partial charge in [0, 0.05) is 5.92 Å². The van der Waals surface area contributed by atoms with Gasteiger partial charge in [-0.3, -0.25) is 4.79 Å².